The lowest BCUT2D eigenvalue weighted by Gasteiger charge is -1.95. The van der Waals surface area contributed by atoms with Gasteiger partial charge in [-0.1, -0.05) is 0 Å². The minimum atomic E-state index is 0.638. The molecule has 6 nitrogen and oxygen atoms in total. The number of hydrogen-bond acceptors (Lipinski definition) is 6. The summed E-state index contributed by atoms with van der Waals surface area (Å²) in [6.07, 6.45) is 0.732. The van der Waals surface area contributed by atoms with Gasteiger partial charge in [0.25, 0.3) is 0 Å². The molecule has 1 N–H and O–H groups in total. The predicted octanol–water partition coefficient (Wildman–Crippen LogP) is 1.51. The number of nitrogens with zero attached hydrogens (tertiary/aromatic N) is 4. The lowest BCUT2D eigenvalue weighted by Crippen LogP contribution is -1.97. The topological polar surface area (TPSA) is 64.9 Å². The molecule has 92 valence electrons. The van der Waals surface area contributed by atoms with Gasteiger partial charge in [-0.2, -0.15) is 9.47 Å². The van der Waals surface area contributed by atoms with Crippen molar-refractivity contribution < 1.29 is 4.74 Å². The van der Waals surface area contributed by atoms with Crippen LogP contribution >= 0.6 is 11.5 Å². The van der Waals surface area contributed by atoms with Crippen LogP contribution in [0.15, 0.2) is 6.07 Å². The third-order valence-corrected chi connectivity index (χ3v) is 3.01. The second-order valence-corrected chi connectivity index (χ2v) is 4.43. The van der Waals surface area contributed by atoms with Gasteiger partial charge in [0, 0.05) is 43.9 Å². The van der Waals surface area contributed by atoms with Crippen molar-refractivity contribution in [3.63, 3.8) is 0 Å². The van der Waals surface area contributed by atoms with E-state index in [0.717, 1.165) is 28.9 Å². The van der Waals surface area contributed by atoms with Gasteiger partial charge >= 0.3 is 0 Å². The molecule has 0 atom stereocenters. The Balaban J connectivity index is 2.01. The van der Waals surface area contributed by atoms with E-state index in [1.807, 2.05) is 24.7 Å². The van der Waals surface area contributed by atoms with Crippen molar-refractivity contribution in [2.75, 3.05) is 19.0 Å². The number of aromatic nitrogens is 4. The number of rotatable bonds is 5. The molecular weight excluding hydrogens is 238 g/mol. The van der Waals surface area contributed by atoms with Gasteiger partial charge in [-0.05, 0) is 6.92 Å². The zero-order valence-corrected chi connectivity index (χ0v) is 10.9. The molecule has 0 aliphatic heterocycles. The molecular formula is C10H15N5OS. The minimum absolute atomic E-state index is 0.638. The maximum Gasteiger partial charge on any atom is 0.208 e. The quantitative estimate of drug-likeness (QED) is 0.875. The number of methoxy groups -OCH3 is 1. The molecule has 0 spiro atoms. The third kappa shape index (κ3) is 3.01. The van der Waals surface area contributed by atoms with Crippen molar-refractivity contribution in [2.24, 2.45) is 7.05 Å². The third-order valence-electron chi connectivity index (χ3n) is 2.35. The highest BCUT2D eigenvalue weighted by molar-refractivity contribution is 7.09. The van der Waals surface area contributed by atoms with Gasteiger partial charge in [0.2, 0.25) is 5.13 Å². The van der Waals surface area contributed by atoms with Gasteiger partial charge in [-0.15, -0.1) is 0 Å². The lowest BCUT2D eigenvalue weighted by atomic mass is 10.4. The zero-order chi connectivity index (χ0) is 12.3. The predicted molar refractivity (Wildman–Crippen MR) is 66.7 cm³/mol. The van der Waals surface area contributed by atoms with Crippen molar-refractivity contribution in [3.8, 4) is 0 Å². The van der Waals surface area contributed by atoms with Crippen LogP contribution < -0.4 is 5.32 Å². The van der Waals surface area contributed by atoms with Crippen LogP contribution in [0.4, 0.5) is 10.9 Å². The zero-order valence-electron chi connectivity index (χ0n) is 10.1. The highest BCUT2D eigenvalue weighted by Crippen LogP contribution is 2.18. The Kier molecular flexibility index (Phi) is 3.70. The summed E-state index contributed by atoms with van der Waals surface area (Å²) in [5, 5.41) is 8.19. The summed E-state index contributed by atoms with van der Waals surface area (Å²) in [5.74, 6) is 1.59. The summed E-state index contributed by atoms with van der Waals surface area (Å²) in [4.78, 5) is 4.35. The molecule has 0 bridgehead atoms. The molecule has 0 aromatic carbocycles. The van der Waals surface area contributed by atoms with Gasteiger partial charge in [-0.3, -0.25) is 4.68 Å². The maximum atomic E-state index is 4.98. The van der Waals surface area contributed by atoms with Crippen LogP contribution in [-0.4, -0.2) is 32.9 Å². The highest BCUT2D eigenvalue weighted by Gasteiger charge is 2.06. The maximum absolute atomic E-state index is 4.98. The molecule has 0 saturated heterocycles. The van der Waals surface area contributed by atoms with Gasteiger partial charge in [0.05, 0.1) is 6.61 Å². The monoisotopic (exact) mass is 253 g/mol. The van der Waals surface area contributed by atoms with Crippen molar-refractivity contribution in [1.82, 2.24) is 19.1 Å². The Morgan fingerprint density at radius 2 is 2.35 bits per heavy atom. The van der Waals surface area contributed by atoms with Gasteiger partial charge < -0.3 is 10.1 Å². The fourth-order valence-corrected chi connectivity index (χ4v) is 1.95. The fraction of sp³-hybridized carbons (Fsp3) is 0.500. The van der Waals surface area contributed by atoms with Gasteiger partial charge in [0.15, 0.2) is 5.82 Å². The molecule has 2 rings (SSSR count). The first-order valence-electron chi connectivity index (χ1n) is 5.28. The average molecular weight is 253 g/mol. The normalized spacial score (nSPS) is 10.8. The molecule has 0 aliphatic rings. The molecule has 0 amide bonds. The first-order valence-corrected chi connectivity index (χ1v) is 6.05. The molecule has 2 aromatic rings. The number of nitrogens with one attached hydrogen (secondary N) is 1. The smallest absolute Gasteiger partial charge is 0.208 e. The van der Waals surface area contributed by atoms with Crippen molar-refractivity contribution in [1.29, 1.82) is 0 Å². The number of aryl methyl sites for hydroxylation is 2. The number of hydrogen-bond donors (Lipinski definition) is 1. The van der Waals surface area contributed by atoms with Crippen molar-refractivity contribution >= 4 is 22.5 Å². The van der Waals surface area contributed by atoms with Crippen LogP contribution in [0, 0.1) is 6.92 Å². The van der Waals surface area contributed by atoms with E-state index in [4.69, 9.17) is 4.74 Å². The molecule has 2 aromatic heterocycles. The molecule has 0 unspecified atom stereocenters. The Bertz CT molecular complexity index is 473. The van der Waals surface area contributed by atoms with Gasteiger partial charge in [-0.25, -0.2) is 4.98 Å². The van der Waals surface area contributed by atoms with Crippen LogP contribution in [0.25, 0.3) is 0 Å². The van der Waals surface area contributed by atoms with Crippen LogP contribution in [0.2, 0.25) is 0 Å². The fourth-order valence-electron chi connectivity index (χ4n) is 1.33. The largest absolute Gasteiger partial charge is 0.384 e. The van der Waals surface area contributed by atoms with Crippen molar-refractivity contribution in [3.05, 3.63) is 17.6 Å². The Labute approximate surface area is 104 Å². The summed E-state index contributed by atoms with van der Waals surface area (Å²) in [7, 11) is 3.58. The van der Waals surface area contributed by atoms with Gasteiger partial charge in [0.1, 0.15) is 5.82 Å². The van der Waals surface area contributed by atoms with Crippen LogP contribution in [0.3, 0.4) is 0 Å². The molecule has 2 heterocycles. The van der Waals surface area contributed by atoms with Crippen LogP contribution in [0.1, 0.15) is 11.5 Å². The highest BCUT2D eigenvalue weighted by atomic mass is 32.1. The van der Waals surface area contributed by atoms with Crippen LogP contribution in [0.5, 0.6) is 0 Å². The summed E-state index contributed by atoms with van der Waals surface area (Å²) >= 11 is 1.33. The minimum Gasteiger partial charge on any atom is -0.384 e. The second-order valence-electron chi connectivity index (χ2n) is 3.68. The first-order chi connectivity index (χ1) is 8.19. The lowest BCUT2D eigenvalue weighted by molar-refractivity contribution is 0.201. The molecule has 0 radical (unpaired) electrons. The van der Waals surface area contributed by atoms with Crippen LogP contribution in [-0.2, 0) is 18.2 Å². The molecule has 7 heteroatoms. The summed E-state index contributed by atoms with van der Waals surface area (Å²) in [6.45, 7) is 2.64. The molecule has 17 heavy (non-hydrogen) atoms. The summed E-state index contributed by atoms with van der Waals surface area (Å²) < 4.78 is 11.0. The van der Waals surface area contributed by atoms with E-state index in [1.54, 1.807) is 7.11 Å². The Morgan fingerprint density at radius 3 is 3.00 bits per heavy atom. The molecule has 0 saturated carbocycles. The van der Waals surface area contributed by atoms with E-state index in [2.05, 4.69) is 19.8 Å². The van der Waals surface area contributed by atoms with E-state index in [-0.39, 0.29) is 0 Å². The van der Waals surface area contributed by atoms with Crippen molar-refractivity contribution in [2.45, 2.75) is 13.3 Å². The number of anilines is 2. The Morgan fingerprint density at radius 1 is 1.53 bits per heavy atom. The average Bonchev–Trinajstić information content (AvgIpc) is 2.85. The first kappa shape index (κ1) is 12.0. The molecule has 0 aliphatic carbocycles. The van der Waals surface area contributed by atoms with E-state index in [1.165, 1.54) is 11.5 Å². The summed E-state index contributed by atoms with van der Waals surface area (Å²) in [5.41, 5.74) is 1.09. The van der Waals surface area contributed by atoms with E-state index in [0.29, 0.717) is 6.61 Å². The van der Waals surface area contributed by atoms with E-state index < -0.39 is 0 Å². The second kappa shape index (κ2) is 5.24. The van der Waals surface area contributed by atoms with E-state index in [9.17, 15) is 0 Å². The molecule has 0 fully saturated rings. The Hall–Kier alpha value is -1.47. The number of ether oxygens (including phenoxy) is 1. The van der Waals surface area contributed by atoms with E-state index >= 15 is 0 Å². The summed E-state index contributed by atoms with van der Waals surface area (Å²) in [6, 6.07) is 1.97. The SMILES string of the molecule is COCCc1nsc(Nc2cc(C)n(C)n2)n1. The standard InChI is InChI=1S/C10H15N5OS/c1-7-6-9(13-15(7)2)12-10-11-8(14-17-10)4-5-16-3/h6H,4-5H2,1-3H3,(H,11,12,13,14).